The Bertz CT molecular complexity index is 517. The zero-order chi connectivity index (χ0) is 15.5. The number of esters is 1. The van der Waals surface area contributed by atoms with Crippen molar-refractivity contribution in [2.75, 3.05) is 19.8 Å². The van der Waals surface area contributed by atoms with Crippen LogP contribution in [0.2, 0.25) is 0 Å². The van der Waals surface area contributed by atoms with Crippen LogP contribution in [0.15, 0.2) is 18.2 Å². The normalized spacial score (nSPS) is 23.5. The van der Waals surface area contributed by atoms with Gasteiger partial charge in [-0.15, -0.1) is 0 Å². The molecule has 2 atom stereocenters. The van der Waals surface area contributed by atoms with Crippen molar-refractivity contribution in [1.82, 2.24) is 0 Å². The van der Waals surface area contributed by atoms with Gasteiger partial charge in [-0.2, -0.15) is 0 Å². The van der Waals surface area contributed by atoms with Gasteiger partial charge in [0, 0.05) is 5.92 Å². The fourth-order valence-corrected chi connectivity index (χ4v) is 2.47. The van der Waals surface area contributed by atoms with E-state index in [2.05, 4.69) is 0 Å². The highest BCUT2D eigenvalue weighted by Gasteiger charge is 2.59. The quantitative estimate of drug-likeness (QED) is 0.781. The highest BCUT2D eigenvalue weighted by molar-refractivity contribution is 5.86. The second kappa shape index (κ2) is 6.35. The van der Waals surface area contributed by atoms with E-state index in [1.807, 2.05) is 32.0 Å². The van der Waals surface area contributed by atoms with E-state index in [1.54, 1.807) is 6.92 Å². The predicted octanol–water partition coefficient (Wildman–Crippen LogP) is 2.23. The fraction of sp³-hybridized carbons (Fsp3) is 0.562. The summed E-state index contributed by atoms with van der Waals surface area (Å²) in [7, 11) is 0. The van der Waals surface area contributed by atoms with Crippen LogP contribution in [0.25, 0.3) is 0 Å². The molecule has 0 saturated heterocycles. The summed E-state index contributed by atoms with van der Waals surface area (Å²) in [4.78, 5) is 11.9. The summed E-state index contributed by atoms with van der Waals surface area (Å²) in [6.45, 7) is 7.11. The molecule has 1 aromatic rings. The molecule has 1 aromatic carbocycles. The van der Waals surface area contributed by atoms with Crippen LogP contribution < -0.4 is 15.2 Å². The molecule has 21 heavy (non-hydrogen) atoms. The van der Waals surface area contributed by atoms with Gasteiger partial charge in [-0.1, -0.05) is 6.07 Å². The lowest BCUT2D eigenvalue weighted by Crippen LogP contribution is -2.36. The summed E-state index contributed by atoms with van der Waals surface area (Å²) in [6, 6.07) is 5.72. The van der Waals surface area contributed by atoms with E-state index in [9.17, 15) is 4.79 Å². The predicted molar refractivity (Wildman–Crippen MR) is 79.7 cm³/mol. The standard InChI is InChI=1S/C16H23NO4/c1-4-19-13-8-7-11(9-14(13)20-5-2)12-10-16(12,17)15(18)21-6-3/h7-9,12H,4-6,10,17H2,1-3H3. The van der Waals surface area contributed by atoms with Crippen LogP contribution in [0.5, 0.6) is 11.5 Å². The minimum absolute atomic E-state index is 0.0218. The average molecular weight is 293 g/mol. The van der Waals surface area contributed by atoms with Gasteiger partial charge in [-0.05, 0) is 44.9 Å². The summed E-state index contributed by atoms with van der Waals surface area (Å²) < 4.78 is 16.2. The molecule has 0 amide bonds. The lowest BCUT2D eigenvalue weighted by atomic mass is 10.1. The molecule has 0 aromatic heterocycles. The molecule has 2 rings (SSSR count). The molecule has 1 fully saturated rings. The number of ether oxygens (including phenoxy) is 3. The molecular weight excluding hydrogens is 270 g/mol. The first-order valence-corrected chi connectivity index (χ1v) is 7.42. The maximum Gasteiger partial charge on any atom is 0.326 e. The maximum absolute atomic E-state index is 11.9. The molecule has 1 saturated carbocycles. The Morgan fingerprint density at radius 2 is 1.86 bits per heavy atom. The SMILES string of the molecule is CCOC(=O)C1(N)CC1c1ccc(OCC)c(OCC)c1. The number of nitrogens with two attached hydrogens (primary N) is 1. The van der Waals surface area contributed by atoms with Crippen LogP contribution in [0.1, 0.15) is 38.7 Å². The molecule has 116 valence electrons. The lowest BCUT2D eigenvalue weighted by molar-refractivity contribution is -0.146. The third-order valence-electron chi connectivity index (χ3n) is 3.63. The van der Waals surface area contributed by atoms with Gasteiger partial charge < -0.3 is 19.9 Å². The summed E-state index contributed by atoms with van der Waals surface area (Å²) in [5.41, 5.74) is 6.21. The van der Waals surface area contributed by atoms with Crippen LogP contribution in [-0.2, 0) is 9.53 Å². The third-order valence-corrected chi connectivity index (χ3v) is 3.63. The highest BCUT2D eigenvalue weighted by atomic mass is 16.5. The van der Waals surface area contributed by atoms with Gasteiger partial charge in [-0.3, -0.25) is 4.79 Å². The Kier molecular flexibility index (Phi) is 4.73. The minimum atomic E-state index is -0.896. The van der Waals surface area contributed by atoms with E-state index in [0.29, 0.717) is 37.7 Å². The molecule has 5 heteroatoms. The van der Waals surface area contributed by atoms with Gasteiger partial charge in [0.2, 0.25) is 0 Å². The van der Waals surface area contributed by atoms with Crippen molar-refractivity contribution in [2.45, 2.75) is 38.6 Å². The van der Waals surface area contributed by atoms with Crippen molar-refractivity contribution in [3.8, 4) is 11.5 Å². The molecule has 0 heterocycles. The Balaban J connectivity index is 2.18. The highest BCUT2D eigenvalue weighted by Crippen LogP contribution is 2.51. The van der Waals surface area contributed by atoms with Crippen LogP contribution >= 0.6 is 0 Å². The smallest absolute Gasteiger partial charge is 0.326 e. The molecule has 2 N–H and O–H groups in total. The number of carbonyl (C=O) groups excluding carboxylic acids is 1. The second-order valence-corrected chi connectivity index (χ2v) is 5.09. The molecule has 0 aliphatic heterocycles. The summed E-state index contributed by atoms with van der Waals surface area (Å²) in [6.07, 6.45) is 0.603. The number of hydrogen-bond donors (Lipinski definition) is 1. The Morgan fingerprint density at radius 1 is 1.19 bits per heavy atom. The van der Waals surface area contributed by atoms with Crippen molar-refractivity contribution in [1.29, 1.82) is 0 Å². The molecule has 0 radical (unpaired) electrons. The molecule has 1 aliphatic rings. The molecule has 1 aliphatic carbocycles. The Labute approximate surface area is 125 Å². The average Bonchev–Trinajstić information content (AvgIpc) is 3.15. The minimum Gasteiger partial charge on any atom is -0.490 e. The lowest BCUT2D eigenvalue weighted by Gasteiger charge is -2.14. The van der Waals surface area contributed by atoms with E-state index in [1.165, 1.54) is 0 Å². The Morgan fingerprint density at radius 3 is 2.48 bits per heavy atom. The van der Waals surface area contributed by atoms with Crippen molar-refractivity contribution < 1.29 is 19.0 Å². The van der Waals surface area contributed by atoms with Crippen molar-refractivity contribution in [3.63, 3.8) is 0 Å². The van der Waals surface area contributed by atoms with Gasteiger partial charge in [0.15, 0.2) is 11.5 Å². The maximum atomic E-state index is 11.9. The topological polar surface area (TPSA) is 70.8 Å². The van der Waals surface area contributed by atoms with Crippen molar-refractivity contribution in [2.24, 2.45) is 5.73 Å². The largest absolute Gasteiger partial charge is 0.490 e. The van der Waals surface area contributed by atoms with E-state index >= 15 is 0 Å². The molecule has 0 spiro atoms. The molecule has 5 nitrogen and oxygen atoms in total. The summed E-state index contributed by atoms with van der Waals surface area (Å²) >= 11 is 0. The van der Waals surface area contributed by atoms with E-state index in [0.717, 1.165) is 5.56 Å². The van der Waals surface area contributed by atoms with Crippen molar-refractivity contribution in [3.05, 3.63) is 23.8 Å². The van der Waals surface area contributed by atoms with Crippen LogP contribution in [0, 0.1) is 0 Å². The Hall–Kier alpha value is -1.75. The summed E-state index contributed by atoms with van der Waals surface area (Å²) in [5.74, 6) is 1.05. The number of benzene rings is 1. The van der Waals surface area contributed by atoms with Crippen LogP contribution in [0.4, 0.5) is 0 Å². The van der Waals surface area contributed by atoms with Gasteiger partial charge in [-0.25, -0.2) is 0 Å². The van der Waals surface area contributed by atoms with Crippen LogP contribution in [0.3, 0.4) is 0 Å². The zero-order valence-electron chi connectivity index (χ0n) is 12.8. The summed E-state index contributed by atoms with van der Waals surface area (Å²) in [5, 5.41) is 0. The fourth-order valence-electron chi connectivity index (χ4n) is 2.47. The number of carbonyl (C=O) groups is 1. The number of rotatable bonds is 7. The van der Waals surface area contributed by atoms with E-state index < -0.39 is 5.54 Å². The van der Waals surface area contributed by atoms with Crippen LogP contribution in [-0.4, -0.2) is 31.3 Å². The van der Waals surface area contributed by atoms with E-state index in [-0.39, 0.29) is 11.9 Å². The second-order valence-electron chi connectivity index (χ2n) is 5.09. The first kappa shape index (κ1) is 15.6. The van der Waals surface area contributed by atoms with Gasteiger partial charge >= 0.3 is 5.97 Å². The van der Waals surface area contributed by atoms with Gasteiger partial charge in [0.25, 0.3) is 0 Å². The first-order valence-electron chi connectivity index (χ1n) is 7.42. The molecule has 0 bridgehead atoms. The molecule has 2 unspecified atom stereocenters. The van der Waals surface area contributed by atoms with E-state index in [4.69, 9.17) is 19.9 Å². The van der Waals surface area contributed by atoms with Gasteiger partial charge in [0.1, 0.15) is 5.54 Å². The first-order chi connectivity index (χ1) is 10.1. The zero-order valence-corrected chi connectivity index (χ0v) is 12.8. The molecular formula is C16H23NO4. The monoisotopic (exact) mass is 293 g/mol. The van der Waals surface area contributed by atoms with Crippen molar-refractivity contribution >= 4 is 5.97 Å². The third kappa shape index (κ3) is 3.13. The van der Waals surface area contributed by atoms with Gasteiger partial charge in [0.05, 0.1) is 19.8 Å². The number of hydrogen-bond acceptors (Lipinski definition) is 5.